The van der Waals surface area contributed by atoms with Crippen LogP contribution >= 0.6 is 0 Å². The molecule has 9 nitrogen and oxygen atoms in total. The molecule has 3 aromatic carbocycles. The number of alkyl halides is 3. The Bertz CT molecular complexity index is 1580. The Kier molecular flexibility index (Phi) is 9.71. The van der Waals surface area contributed by atoms with Gasteiger partial charge in [-0.3, -0.25) is 4.72 Å². The number of nitrogens with one attached hydrogen (secondary N) is 1. The Morgan fingerprint density at radius 3 is 2.21 bits per heavy atom. The number of sulfonamides is 1. The minimum absolute atomic E-state index is 0.00244. The van der Waals surface area contributed by atoms with Crippen molar-refractivity contribution < 1.29 is 45.8 Å². The van der Waals surface area contributed by atoms with Gasteiger partial charge in [-0.1, -0.05) is 18.2 Å². The second kappa shape index (κ2) is 12.7. The van der Waals surface area contributed by atoms with Crippen LogP contribution in [0.25, 0.3) is 0 Å². The second-order valence-electron chi connectivity index (χ2n) is 9.68. The van der Waals surface area contributed by atoms with E-state index in [1.807, 2.05) is 11.0 Å². The van der Waals surface area contributed by atoms with Crippen molar-refractivity contribution in [1.29, 1.82) is 0 Å². The second-order valence-corrected chi connectivity index (χ2v) is 11.3. The predicted octanol–water partition coefficient (Wildman–Crippen LogP) is 5.29. The van der Waals surface area contributed by atoms with Gasteiger partial charge in [-0.15, -0.1) is 0 Å². The lowest BCUT2D eigenvalue weighted by Gasteiger charge is -2.42. The molecular weight excluding hydrogens is 582 g/mol. The Balaban J connectivity index is 0.000000616. The summed E-state index contributed by atoms with van der Waals surface area (Å²) in [5.41, 5.74) is 3.32. The molecule has 0 saturated carbocycles. The number of aromatic carboxylic acids is 1. The quantitative estimate of drug-likeness (QED) is 0.321. The van der Waals surface area contributed by atoms with Crippen molar-refractivity contribution >= 4 is 39.0 Å². The molecular formula is C28H29F4N3O6S. The zero-order valence-corrected chi connectivity index (χ0v) is 23.6. The number of aliphatic carboxylic acids is 1. The first-order valence-corrected chi connectivity index (χ1v) is 14.0. The van der Waals surface area contributed by atoms with E-state index >= 15 is 0 Å². The van der Waals surface area contributed by atoms with E-state index in [0.717, 1.165) is 18.3 Å². The van der Waals surface area contributed by atoms with Gasteiger partial charge in [0.25, 0.3) is 10.0 Å². The lowest BCUT2D eigenvalue weighted by molar-refractivity contribution is -0.192. The van der Waals surface area contributed by atoms with Gasteiger partial charge in [0.1, 0.15) is 5.82 Å². The third-order valence-corrected chi connectivity index (χ3v) is 7.99. The predicted molar refractivity (Wildman–Crippen MR) is 149 cm³/mol. The molecule has 14 heteroatoms. The van der Waals surface area contributed by atoms with E-state index < -0.39 is 34.0 Å². The molecule has 226 valence electrons. The highest BCUT2D eigenvalue weighted by molar-refractivity contribution is 7.92. The van der Waals surface area contributed by atoms with Gasteiger partial charge < -0.3 is 20.0 Å². The molecule has 0 amide bonds. The smallest absolute Gasteiger partial charge is 0.478 e. The number of carboxylic acid groups (broad SMARTS) is 2. The molecule has 1 heterocycles. The highest BCUT2D eigenvalue weighted by atomic mass is 32.2. The summed E-state index contributed by atoms with van der Waals surface area (Å²) < 4.78 is 73.5. The Morgan fingerprint density at radius 2 is 1.64 bits per heavy atom. The first-order valence-electron chi connectivity index (χ1n) is 12.5. The maximum atomic E-state index is 13.7. The van der Waals surface area contributed by atoms with Gasteiger partial charge in [0, 0.05) is 37.1 Å². The van der Waals surface area contributed by atoms with Crippen LogP contribution in [0.4, 0.5) is 34.6 Å². The van der Waals surface area contributed by atoms with Gasteiger partial charge >= 0.3 is 18.1 Å². The number of nitrogens with zero attached hydrogens (tertiary/aromatic N) is 2. The average molecular weight is 612 g/mol. The van der Waals surface area contributed by atoms with Crippen molar-refractivity contribution in [1.82, 2.24) is 0 Å². The van der Waals surface area contributed by atoms with Crippen LogP contribution in [0.5, 0.6) is 0 Å². The SMILES string of the molecule is Cc1cccc(N2CCN(c3ccc(NS(=O)(=O)c4cc(F)ccc4C)cc3C(=O)O)CC2C)c1.O=C(O)C(F)(F)F. The molecule has 0 bridgehead atoms. The molecule has 1 unspecified atom stereocenters. The molecule has 0 spiro atoms. The number of benzene rings is 3. The molecule has 0 aromatic heterocycles. The molecule has 0 aliphatic carbocycles. The van der Waals surface area contributed by atoms with Crippen LogP contribution in [-0.4, -0.2) is 62.4 Å². The number of carbonyl (C=O) groups is 2. The van der Waals surface area contributed by atoms with E-state index in [2.05, 4.69) is 41.7 Å². The minimum Gasteiger partial charge on any atom is -0.478 e. The Hall–Kier alpha value is -4.33. The van der Waals surface area contributed by atoms with Crippen molar-refractivity contribution in [3.63, 3.8) is 0 Å². The summed E-state index contributed by atoms with van der Waals surface area (Å²) in [6, 6.07) is 16.4. The molecule has 3 aromatic rings. The molecule has 1 aliphatic heterocycles. The number of hydrogen-bond donors (Lipinski definition) is 3. The third-order valence-electron chi connectivity index (χ3n) is 6.46. The van der Waals surface area contributed by atoms with E-state index in [1.165, 1.54) is 29.8 Å². The zero-order valence-electron chi connectivity index (χ0n) is 22.8. The van der Waals surface area contributed by atoms with Gasteiger partial charge in [-0.05, 0) is 74.4 Å². The number of piperazine rings is 1. The van der Waals surface area contributed by atoms with Gasteiger partial charge in [-0.2, -0.15) is 13.2 Å². The lowest BCUT2D eigenvalue weighted by Crippen LogP contribution is -2.52. The van der Waals surface area contributed by atoms with Crippen molar-refractivity contribution in [3.05, 3.63) is 83.2 Å². The minimum atomic E-state index is -5.08. The molecule has 3 N–H and O–H groups in total. The number of carboxylic acids is 2. The fraction of sp³-hybridized carbons (Fsp3) is 0.286. The standard InChI is InChI=1S/C26H28FN3O4S.C2HF3O2/c1-17-5-4-6-22(13-17)30-12-11-29(16-19(30)3)24-10-9-21(15-23(24)26(31)32)28-35(33,34)25-14-20(27)8-7-18(25)2;3-2(4,5)1(6)7/h4-10,13-15,19,28H,11-12,16H2,1-3H3,(H,31,32);(H,6,7). The molecule has 1 aliphatic rings. The molecule has 1 saturated heterocycles. The van der Waals surface area contributed by atoms with Crippen LogP contribution < -0.4 is 14.5 Å². The third kappa shape index (κ3) is 7.90. The lowest BCUT2D eigenvalue weighted by atomic mass is 10.1. The summed E-state index contributed by atoms with van der Waals surface area (Å²) in [5, 5.41) is 17.0. The fourth-order valence-electron chi connectivity index (χ4n) is 4.49. The monoisotopic (exact) mass is 611 g/mol. The molecule has 1 atom stereocenters. The Labute approximate surface area is 240 Å². The van der Waals surface area contributed by atoms with E-state index in [1.54, 1.807) is 13.0 Å². The highest BCUT2D eigenvalue weighted by Crippen LogP contribution is 2.30. The summed E-state index contributed by atoms with van der Waals surface area (Å²) in [7, 11) is -4.10. The van der Waals surface area contributed by atoms with Gasteiger partial charge in [-0.25, -0.2) is 22.4 Å². The Morgan fingerprint density at radius 1 is 0.976 bits per heavy atom. The van der Waals surface area contributed by atoms with Crippen molar-refractivity contribution in [2.24, 2.45) is 0 Å². The van der Waals surface area contributed by atoms with Crippen LogP contribution in [0.15, 0.2) is 65.6 Å². The molecule has 4 rings (SSSR count). The van der Waals surface area contributed by atoms with Crippen LogP contribution in [0.1, 0.15) is 28.4 Å². The van der Waals surface area contributed by atoms with E-state index in [9.17, 15) is 35.9 Å². The number of rotatable bonds is 6. The van der Waals surface area contributed by atoms with Crippen LogP contribution in [-0.2, 0) is 14.8 Å². The maximum Gasteiger partial charge on any atom is 0.490 e. The summed E-state index contributed by atoms with van der Waals surface area (Å²) in [6.07, 6.45) is -5.08. The summed E-state index contributed by atoms with van der Waals surface area (Å²) in [6.45, 7) is 7.66. The van der Waals surface area contributed by atoms with E-state index in [0.29, 0.717) is 24.3 Å². The molecule has 1 fully saturated rings. The molecule has 42 heavy (non-hydrogen) atoms. The first-order chi connectivity index (χ1) is 19.5. The summed E-state index contributed by atoms with van der Waals surface area (Å²) in [4.78, 5) is 25.1. The highest BCUT2D eigenvalue weighted by Gasteiger charge is 2.38. The van der Waals surface area contributed by atoms with Crippen molar-refractivity contribution in [3.8, 4) is 0 Å². The van der Waals surface area contributed by atoms with Crippen molar-refractivity contribution in [2.45, 2.75) is 37.9 Å². The topological polar surface area (TPSA) is 127 Å². The first kappa shape index (κ1) is 32.2. The van der Waals surface area contributed by atoms with Gasteiger partial charge in [0.2, 0.25) is 0 Å². The molecule has 0 radical (unpaired) electrons. The summed E-state index contributed by atoms with van der Waals surface area (Å²) >= 11 is 0. The van der Waals surface area contributed by atoms with Crippen LogP contribution in [0, 0.1) is 19.7 Å². The van der Waals surface area contributed by atoms with Gasteiger partial charge in [0.05, 0.1) is 16.1 Å². The maximum absolute atomic E-state index is 13.7. The van der Waals surface area contributed by atoms with E-state index in [4.69, 9.17) is 9.90 Å². The van der Waals surface area contributed by atoms with Crippen LogP contribution in [0.2, 0.25) is 0 Å². The number of halogens is 4. The largest absolute Gasteiger partial charge is 0.490 e. The number of hydrogen-bond acceptors (Lipinski definition) is 6. The normalized spacial score (nSPS) is 15.5. The zero-order chi connectivity index (χ0) is 31.4. The van der Waals surface area contributed by atoms with Crippen molar-refractivity contribution in [2.75, 3.05) is 34.2 Å². The number of anilines is 3. The average Bonchev–Trinajstić information content (AvgIpc) is 2.89. The number of aryl methyl sites for hydroxylation is 2. The van der Waals surface area contributed by atoms with Crippen LogP contribution in [0.3, 0.4) is 0 Å². The fourth-order valence-corrected chi connectivity index (χ4v) is 5.79. The van der Waals surface area contributed by atoms with E-state index in [-0.39, 0.29) is 22.2 Å². The summed E-state index contributed by atoms with van der Waals surface area (Å²) in [5.74, 6) is -4.58. The van der Waals surface area contributed by atoms with Gasteiger partial charge in [0.15, 0.2) is 0 Å².